The van der Waals surface area contributed by atoms with Crippen molar-refractivity contribution in [2.24, 2.45) is 5.92 Å². The third kappa shape index (κ3) is 4.59. The number of benzene rings is 2. The maximum Gasteiger partial charge on any atom is 0.416 e. The molecular weight excluding hydrogens is 399 g/mol. The minimum absolute atomic E-state index is 0.167. The van der Waals surface area contributed by atoms with Gasteiger partial charge < -0.3 is 10.6 Å². The Morgan fingerprint density at radius 2 is 1.93 bits per heavy atom. The van der Waals surface area contributed by atoms with Crippen LogP contribution in [0.1, 0.15) is 24.0 Å². The molecule has 2 aliphatic heterocycles. The minimum atomic E-state index is -4.45. The number of piperidine rings is 1. The Labute approximate surface area is 171 Å². The summed E-state index contributed by atoms with van der Waals surface area (Å²) in [7, 11) is -1.67. The largest absolute Gasteiger partial charge is 0.416 e. The molecule has 2 aromatic rings. The zero-order valence-electron chi connectivity index (χ0n) is 16.0. The molecule has 2 heterocycles. The van der Waals surface area contributed by atoms with Gasteiger partial charge in [-0.05, 0) is 80.2 Å². The number of alkyl halides is 3. The van der Waals surface area contributed by atoms with Gasteiger partial charge in [-0.2, -0.15) is 13.2 Å². The number of hydrogen-bond donors (Lipinski definition) is 2. The van der Waals surface area contributed by atoms with Crippen LogP contribution in [0.2, 0.25) is 0 Å². The Bertz CT molecular complexity index is 897. The first-order chi connectivity index (χ1) is 13.9. The lowest BCUT2D eigenvalue weighted by Crippen LogP contribution is -2.31. The van der Waals surface area contributed by atoms with Crippen LogP contribution in [0, 0.1) is 5.92 Å². The van der Waals surface area contributed by atoms with Crippen LogP contribution >= 0.6 is 0 Å². The number of nitrogens with one attached hydrogen (secondary N) is 2. The smallest absolute Gasteiger partial charge is 0.385 e. The lowest BCUT2D eigenvalue weighted by atomic mass is 9.98. The first-order valence-electron chi connectivity index (χ1n) is 9.86. The summed E-state index contributed by atoms with van der Waals surface area (Å²) < 4.78 is 53.6. The van der Waals surface area contributed by atoms with E-state index in [1.54, 1.807) is 4.31 Å². The van der Waals surface area contributed by atoms with Crippen LogP contribution in [0.25, 0.3) is 0 Å². The maximum atomic E-state index is 13.0. The summed E-state index contributed by atoms with van der Waals surface area (Å²) in [4.78, 5) is 0.167. The first-order valence-corrected chi connectivity index (χ1v) is 11.0. The Morgan fingerprint density at radius 1 is 1.14 bits per heavy atom. The zero-order valence-corrected chi connectivity index (χ0v) is 16.8. The van der Waals surface area contributed by atoms with Gasteiger partial charge in [-0.1, -0.05) is 6.07 Å². The Hall–Kier alpha value is -2.06. The third-order valence-corrected chi connectivity index (χ3v) is 6.99. The summed E-state index contributed by atoms with van der Waals surface area (Å²) in [6, 6.07) is 10.7. The topological polar surface area (TPSA) is 44.4 Å². The molecule has 0 aromatic heterocycles. The van der Waals surface area contributed by atoms with Gasteiger partial charge in [-0.25, -0.2) is 4.21 Å². The average molecular weight is 424 g/mol. The summed E-state index contributed by atoms with van der Waals surface area (Å²) in [5.74, 6) is 0.661. The van der Waals surface area contributed by atoms with Crippen LogP contribution in [-0.4, -0.2) is 30.4 Å². The van der Waals surface area contributed by atoms with Crippen molar-refractivity contribution < 1.29 is 17.4 Å². The van der Waals surface area contributed by atoms with Crippen molar-refractivity contribution in [3.8, 4) is 0 Å². The van der Waals surface area contributed by atoms with Crippen molar-refractivity contribution in [1.29, 1.82) is 0 Å². The molecule has 0 amide bonds. The molecule has 4 nitrogen and oxygen atoms in total. The summed E-state index contributed by atoms with van der Waals surface area (Å²) in [5, 5.41) is 6.86. The SMILES string of the molecule is O=S(c1cccc(C(F)(F)F)c1)N1CCc2cc(NCC3CCNCC3)ccc21. The lowest BCUT2D eigenvalue weighted by Gasteiger charge is -2.23. The number of fused-ring (bicyclic) bond motifs is 1. The van der Waals surface area contributed by atoms with E-state index in [2.05, 4.69) is 16.7 Å². The van der Waals surface area contributed by atoms with Gasteiger partial charge in [0.2, 0.25) is 0 Å². The maximum absolute atomic E-state index is 13.0. The second-order valence-corrected chi connectivity index (χ2v) is 8.96. The molecule has 0 spiro atoms. The fourth-order valence-corrected chi connectivity index (χ4v) is 5.20. The highest BCUT2D eigenvalue weighted by molar-refractivity contribution is 7.86. The third-order valence-electron chi connectivity index (χ3n) is 5.55. The van der Waals surface area contributed by atoms with Gasteiger partial charge in [0, 0.05) is 18.8 Å². The van der Waals surface area contributed by atoms with E-state index in [-0.39, 0.29) is 4.90 Å². The van der Waals surface area contributed by atoms with Crippen molar-refractivity contribution in [3.05, 3.63) is 53.6 Å². The second kappa shape index (κ2) is 8.36. The molecular formula is C21H24F3N3OS. The monoisotopic (exact) mass is 423 g/mol. The molecule has 4 rings (SSSR count). The molecule has 1 fully saturated rings. The van der Waals surface area contributed by atoms with E-state index < -0.39 is 22.7 Å². The number of halogens is 3. The number of hydrogen-bond acceptors (Lipinski definition) is 3. The van der Waals surface area contributed by atoms with Gasteiger partial charge in [0.1, 0.15) is 0 Å². The quantitative estimate of drug-likeness (QED) is 0.758. The molecule has 8 heteroatoms. The van der Waals surface area contributed by atoms with E-state index in [1.165, 1.54) is 25.0 Å². The van der Waals surface area contributed by atoms with Crippen molar-refractivity contribution in [2.75, 3.05) is 35.8 Å². The van der Waals surface area contributed by atoms with Crippen LogP contribution < -0.4 is 14.9 Å². The number of anilines is 2. The highest BCUT2D eigenvalue weighted by Crippen LogP contribution is 2.35. The van der Waals surface area contributed by atoms with Gasteiger partial charge in [0.15, 0.2) is 11.0 Å². The Balaban J connectivity index is 1.46. The van der Waals surface area contributed by atoms with Crippen LogP contribution in [-0.2, 0) is 23.6 Å². The van der Waals surface area contributed by atoms with Gasteiger partial charge in [-0.15, -0.1) is 0 Å². The lowest BCUT2D eigenvalue weighted by molar-refractivity contribution is -0.137. The zero-order chi connectivity index (χ0) is 20.4. The van der Waals surface area contributed by atoms with Crippen molar-refractivity contribution in [3.63, 3.8) is 0 Å². The summed E-state index contributed by atoms with van der Waals surface area (Å²) >= 11 is 0. The van der Waals surface area contributed by atoms with Gasteiger partial charge in [0.25, 0.3) is 0 Å². The average Bonchev–Trinajstić information content (AvgIpc) is 3.15. The summed E-state index contributed by atoms with van der Waals surface area (Å²) in [6.07, 6.45) is -1.38. The predicted molar refractivity (Wildman–Crippen MR) is 109 cm³/mol. The van der Waals surface area contributed by atoms with E-state index in [4.69, 9.17) is 0 Å². The predicted octanol–water partition coefficient (Wildman–Crippen LogP) is 4.20. The Kier molecular flexibility index (Phi) is 5.83. The molecule has 0 bridgehead atoms. The normalized spacial score (nSPS) is 18.5. The molecule has 1 saturated heterocycles. The molecule has 1 unspecified atom stereocenters. The second-order valence-electron chi connectivity index (χ2n) is 7.54. The van der Waals surface area contributed by atoms with Gasteiger partial charge >= 0.3 is 6.18 Å². The standard InChI is InChI=1S/C21H24F3N3OS/c22-21(23,24)17-2-1-3-19(13-17)29(28)27-11-8-16-12-18(4-5-20(16)27)26-14-15-6-9-25-10-7-15/h1-5,12-13,15,25-26H,6-11,14H2. The molecule has 29 heavy (non-hydrogen) atoms. The van der Waals surface area contributed by atoms with E-state index in [0.29, 0.717) is 12.5 Å². The van der Waals surface area contributed by atoms with E-state index in [9.17, 15) is 17.4 Å². The van der Waals surface area contributed by atoms with E-state index in [1.807, 2.05) is 12.1 Å². The molecule has 0 saturated carbocycles. The summed E-state index contributed by atoms with van der Waals surface area (Å²) in [5.41, 5.74) is 2.16. The molecule has 2 aliphatic rings. The number of rotatable bonds is 5. The minimum Gasteiger partial charge on any atom is -0.385 e. The van der Waals surface area contributed by atoms with Crippen LogP contribution in [0.15, 0.2) is 47.4 Å². The molecule has 2 aromatic carbocycles. The van der Waals surface area contributed by atoms with E-state index in [0.717, 1.165) is 55.1 Å². The fourth-order valence-electron chi connectivity index (χ4n) is 3.91. The molecule has 0 aliphatic carbocycles. The summed E-state index contributed by atoms with van der Waals surface area (Å²) in [6.45, 7) is 3.58. The van der Waals surface area contributed by atoms with Crippen molar-refractivity contribution >= 4 is 22.4 Å². The molecule has 2 N–H and O–H groups in total. The first kappa shape index (κ1) is 20.2. The van der Waals surface area contributed by atoms with E-state index >= 15 is 0 Å². The molecule has 0 radical (unpaired) electrons. The highest BCUT2D eigenvalue weighted by atomic mass is 32.2. The van der Waals surface area contributed by atoms with Crippen LogP contribution in [0.5, 0.6) is 0 Å². The number of nitrogens with zero attached hydrogens (tertiary/aromatic N) is 1. The van der Waals surface area contributed by atoms with Gasteiger partial charge in [-0.3, -0.25) is 4.31 Å². The van der Waals surface area contributed by atoms with Crippen LogP contribution in [0.3, 0.4) is 0 Å². The molecule has 156 valence electrons. The Morgan fingerprint density at radius 3 is 2.69 bits per heavy atom. The fraction of sp³-hybridized carbons (Fsp3) is 0.429. The highest BCUT2D eigenvalue weighted by Gasteiger charge is 2.32. The van der Waals surface area contributed by atoms with Gasteiger partial charge in [0.05, 0.1) is 16.1 Å². The van der Waals surface area contributed by atoms with Crippen LogP contribution in [0.4, 0.5) is 24.5 Å². The molecule has 1 atom stereocenters. The van der Waals surface area contributed by atoms with Crippen molar-refractivity contribution in [2.45, 2.75) is 30.3 Å². The van der Waals surface area contributed by atoms with Crippen molar-refractivity contribution in [1.82, 2.24) is 5.32 Å².